The highest BCUT2D eigenvalue weighted by Gasteiger charge is 2.21. The monoisotopic (exact) mass is 468 g/mol. The van der Waals surface area contributed by atoms with Crippen LogP contribution in [0.4, 0.5) is 5.69 Å². The fraction of sp³-hybridized carbons (Fsp3) is 0.200. The second-order valence-electron chi connectivity index (χ2n) is 6.44. The van der Waals surface area contributed by atoms with Crippen LogP contribution in [0.2, 0.25) is 15.1 Å². The summed E-state index contributed by atoms with van der Waals surface area (Å²) in [6.45, 7) is 2.08. The Bertz CT molecular complexity index is 1110. The van der Waals surface area contributed by atoms with E-state index >= 15 is 0 Å². The number of thiophene rings is 1. The Kier molecular flexibility index (Phi) is 5.99. The fourth-order valence-corrected chi connectivity index (χ4v) is 4.92. The average Bonchev–Trinajstić information content (AvgIpc) is 3.05. The maximum absolute atomic E-state index is 12.8. The number of amides is 2. The highest BCUT2D eigenvalue weighted by molar-refractivity contribution is 7.21. The van der Waals surface area contributed by atoms with Crippen molar-refractivity contribution in [3.63, 3.8) is 0 Å². The molecule has 29 heavy (non-hydrogen) atoms. The number of nitrogens with one attached hydrogen (secondary N) is 1. The lowest BCUT2D eigenvalue weighted by atomic mass is 10.1. The number of anilines is 1. The van der Waals surface area contributed by atoms with Crippen LogP contribution in [0.1, 0.15) is 20.0 Å². The van der Waals surface area contributed by atoms with Crippen LogP contribution in [-0.2, 0) is 4.74 Å². The van der Waals surface area contributed by atoms with Gasteiger partial charge in [-0.3, -0.25) is 9.59 Å². The van der Waals surface area contributed by atoms with E-state index in [2.05, 4.69) is 5.32 Å². The van der Waals surface area contributed by atoms with Crippen LogP contribution in [0, 0.1) is 0 Å². The van der Waals surface area contributed by atoms with Crippen molar-refractivity contribution in [3.8, 4) is 0 Å². The first-order valence-electron chi connectivity index (χ1n) is 8.79. The van der Waals surface area contributed by atoms with Gasteiger partial charge in [0.1, 0.15) is 4.88 Å². The van der Waals surface area contributed by atoms with Crippen molar-refractivity contribution in [1.29, 1.82) is 0 Å². The van der Waals surface area contributed by atoms with Gasteiger partial charge in [-0.2, -0.15) is 0 Å². The van der Waals surface area contributed by atoms with Crippen molar-refractivity contribution in [2.24, 2.45) is 0 Å². The standard InChI is InChI=1S/C20H15Cl3N2O3S/c21-12-2-3-13-16(10-12)29-18(17(13)23)19(26)24-15-9-11(1-4-14(15)22)20(27)25-5-7-28-8-6-25/h1-4,9-10H,5-8H2,(H,24,26). The number of nitrogens with zero attached hydrogens (tertiary/aromatic N) is 1. The van der Waals surface area contributed by atoms with Crippen LogP contribution in [0.5, 0.6) is 0 Å². The molecular weight excluding hydrogens is 455 g/mol. The first-order valence-corrected chi connectivity index (χ1v) is 10.7. The number of carbonyl (C=O) groups is 2. The summed E-state index contributed by atoms with van der Waals surface area (Å²) in [6.07, 6.45) is 0. The lowest BCUT2D eigenvalue weighted by Crippen LogP contribution is -2.40. The van der Waals surface area contributed by atoms with Crippen molar-refractivity contribution < 1.29 is 14.3 Å². The quantitative estimate of drug-likeness (QED) is 0.544. The van der Waals surface area contributed by atoms with E-state index in [0.29, 0.717) is 57.5 Å². The van der Waals surface area contributed by atoms with Gasteiger partial charge in [-0.25, -0.2) is 0 Å². The van der Waals surface area contributed by atoms with Gasteiger partial charge in [0.05, 0.1) is 28.9 Å². The minimum Gasteiger partial charge on any atom is -0.378 e. The Morgan fingerprint density at radius 1 is 1.03 bits per heavy atom. The summed E-state index contributed by atoms with van der Waals surface area (Å²) in [5.74, 6) is -0.528. The van der Waals surface area contributed by atoms with Gasteiger partial charge >= 0.3 is 0 Å². The fourth-order valence-electron chi connectivity index (χ4n) is 3.07. The Labute approximate surface area is 186 Å². The molecule has 0 aliphatic carbocycles. The number of morpholine rings is 1. The summed E-state index contributed by atoms with van der Waals surface area (Å²) >= 11 is 19.9. The van der Waals surface area contributed by atoms with E-state index in [9.17, 15) is 9.59 Å². The molecule has 4 rings (SSSR count). The Balaban J connectivity index is 1.60. The molecule has 1 aromatic heterocycles. The molecule has 5 nitrogen and oxygen atoms in total. The summed E-state index contributed by atoms with van der Waals surface area (Å²) < 4.78 is 6.10. The van der Waals surface area contributed by atoms with E-state index in [1.54, 1.807) is 41.3 Å². The molecule has 1 N–H and O–H groups in total. The van der Waals surface area contributed by atoms with Crippen LogP contribution < -0.4 is 5.32 Å². The lowest BCUT2D eigenvalue weighted by molar-refractivity contribution is 0.0303. The zero-order valence-corrected chi connectivity index (χ0v) is 18.1. The molecule has 1 saturated heterocycles. The van der Waals surface area contributed by atoms with Crippen molar-refractivity contribution in [1.82, 2.24) is 4.90 Å². The third-order valence-corrected chi connectivity index (χ3v) is 6.78. The van der Waals surface area contributed by atoms with E-state index in [-0.39, 0.29) is 5.91 Å². The first-order chi connectivity index (χ1) is 13.9. The largest absolute Gasteiger partial charge is 0.378 e. The zero-order chi connectivity index (χ0) is 20.5. The van der Waals surface area contributed by atoms with Crippen LogP contribution in [0.3, 0.4) is 0 Å². The maximum atomic E-state index is 12.8. The lowest BCUT2D eigenvalue weighted by Gasteiger charge is -2.27. The molecule has 0 spiro atoms. The van der Waals surface area contributed by atoms with Crippen molar-refractivity contribution >= 4 is 73.7 Å². The van der Waals surface area contributed by atoms with Gasteiger partial charge in [0.25, 0.3) is 11.8 Å². The number of benzene rings is 2. The highest BCUT2D eigenvalue weighted by atomic mass is 35.5. The molecule has 9 heteroatoms. The molecule has 0 atom stereocenters. The number of halogens is 3. The number of hydrogen-bond acceptors (Lipinski definition) is 4. The molecule has 150 valence electrons. The summed E-state index contributed by atoms with van der Waals surface area (Å²) in [7, 11) is 0. The molecule has 3 aromatic rings. The highest BCUT2D eigenvalue weighted by Crippen LogP contribution is 2.37. The Morgan fingerprint density at radius 3 is 2.55 bits per heavy atom. The molecule has 0 radical (unpaired) electrons. The zero-order valence-electron chi connectivity index (χ0n) is 15.0. The maximum Gasteiger partial charge on any atom is 0.267 e. The van der Waals surface area contributed by atoms with E-state index in [1.165, 1.54) is 11.3 Å². The molecule has 1 aliphatic rings. The van der Waals surface area contributed by atoms with Gasteiger partial charge in [0.2, 0.25) is 0 Å². The molecule has 0 unspecified atom stereocenters. The number of hydrogen-bond donors (Lipinski definition) is 1. The Hall–Kier alpha value is -1.83. The summed E-state index contributed by atoms with van der Waals surface area (Å²) in [6, 6.07) is 10.1. The second kappa shape index (κ2) is 8.50. The van der Waals surface area contributed by atoms with E-state index in [4.69, 9.17) is 39.5 Å². The summed E-state index contributed by atoms with van der Waals surface area (Å²) in [5, 5.41) is 4.78. The van der Waals surface area contributed by atoms with Crippen LogP contribution in [0.15, 0.2) is 36.4 Å². The minimum absolute atomic E-state index is 0.130. The van der Waals surface area contributed by atoms with Crippen molar-refractivity contribution in [3.05, 3.63) is 61.9 Å². The van der Waals surface area contributed by atoms with E-state index in [1.807, 2.05) is 0 Å². The van der Waals surface area contributed by atoms with E-state index in [0.717, 1.165) is 10.1 Å². The summed E-state index contributed by atoms with van der Waals surface area (Å²) in [5.41, 5.74) is 0.795. The predicted octanol–water partition coefficient (Wildman–Crippen LogP) is 5.59. The van der Waals surface area contributed by atoms with Gasteiger partial charge in [0.15, 0.2) is 0 Å². The van der Waals surface area contributed by atoms with Gasteiger partial charge in [0, 0.05) is 33.8 Å². The van der Waals surface area contributed by atoms with Gasteiger partial charge in [-0.05, 0) is 30.3 Å². The molecule has 0 saturated carbocycles. The summed E-state index contributed by atoms with van der Waals surface area (Å²) in [4.78, 5) is 27.6. The van der Waals surface area contributed by atoms with Crippen LogP contribution >= 0.6 is 46.1 Å². The third-order valence-electron chi connectivity index (χ3n) is 4.56. The molecule has 2 amide bonds. The number of fused-ring (bicyclic) bond motifs is 1. The topological polar surface area (TPSA) is 58.6 Å². The van der Waals surface area contributed by atoms with Crippen LogP contribution in [0.25, 0.3) is 10.1 Å². The average molecular weight is 470 g/mol. The molecule has 1 aliphatic heterocycles. The van der Waals surface area contributed by atoms with Gasteiger partial charge < -0.3 is 15.0 Å². The molecule has 2 aromatic carbocycles. The van der Waals surface area contributed by atoms with Crippen LogP contribution in [-0.4, -0.2) is 43.0 Å². The number of carbonyl (C=O) groups excluding carboxylic acids is 2. The Morgan fingerprint density at radius 2 is 1.79 bits per heavy atom. The minimum atomic E-state index is -0.398. The second-order valence-corrected chi connectivity index (χ2v) is 8.71. The predicted molar refractivity (Wildman–Crippen MR) is 118 cm³/mol. The molecular formula is C20H15Cl3N2O3S. The van der Waals surface area contributed by atoms with Crippen molar-refractivity contribution in [2.45, 2.75) is 0 Å². The molecule has 1 fully saturated rings. The van der Waals surface area contributed by atoms with Crippen molar-refractivity contribution in [2.75, 3.05) is 31.6 Å². The smallest absolute Gasteiger partial charge is 0.267 e. The van der Waals surface area contributed by atoms with Gasteiger partial charge in [-0.1, -0.05) is 40.9 Å². The van der Waals surface area contributed by atoms with E-state index < -0.39 is 5.91 Å². The normalized spacial score (nSPS) is 14.2. The number of ether oxygens (including phenoxy) is 1. The first kappa shape index (κ1) is 20.4. The van der Waals surface area contributed by atoms with Gasteiger partial charge in [-0.15, -0.1) is 11.3 Å². The molecule has 0 bridgehead atoms. The number of rotatable bonds is 3. The molecule has 2 heterocycles. The third kappa shape index (κ3) is 4.22. The SMILES string of the molecule is O=C(Nc1cc(C(=O)N2CCOCC2)ccc1Cl)c1sc2cc(Cl)ccc2c1Cl.